The number of benzene rings is 4. The van der Waals surface area contributed by atoms with Gasteiger partial charge in [-0.25, -0.2) is 9.59 Å². The number of allylic oxidation sites excluding steroid dienone is 1. The van der Waals surface area contributed by atoms with Crippen molar-refractivity contribution < 1.29 is 43.6 Å². The van der Waals surface area contributed by atoms with E-state index in [9.17, 15) is 19.8 Å². The van der Waals surface area contributed by atoms with E-state index in [4.69, 9.17) is 23.8 Å². The summed E-state index contributed by atoms with van der Waals surface area (Å²) in [7, 11) is 2.89. The van der Waals surface area contributed by atoms with Gasteiger partial charge in [0.25, 0.3) is 0 Å². The number of oxime groups is 1. The lowest BCUT2D eigenvalue weighted by molar-refractivity contribution is -0.256. The number of carbonyl (C=O) groups is 2. The van der Waals surface area contributed by atoms with Gasteiger partial charge in [0.05, 0.1) is 31.9 Å². The number of nitrogens with one attached hydrogen (secondary N) is 1. The molecule has 6 atom stereocenters. The van der Waals surface area contributed by atoms with Crippen LogP contribution in [0.3, 0.4) is 0 Å². The molecule has 0 radical (unpaired) electrons. The molecule has 3 aliphatic rings. The predicted octanol–water partition coefficient (Wildman–Crippen LogP) is 8.66. The number of hydrogen-bond acceptors (Lipinski definition) is 10. The quantitative estimate of drug-likeness (QED) is 0.0509. The first-order valence-corrected chi connectivity index (χ1v) is 21.3. The zero-order valence-corrected chi connectivity index (χ0v) is 35.0. The highest BCUT2D eigenvalue weighted by atomic mass is 16.7. The Balaban J connectivity index is 1.39. The van der Waals surface area contributed by atoms with Gasteiger partial charge in [-0.1, -0.05) is 103 Å². The van der Waals surface area contributed by atoms with E-state index in [1.807, 2.05) is 84.9 Å². The van der Waals surface area contributed by atoms with Crippen molar-refractivity contribution in [3.63, 3.8) is 0 Å². The summed E-state index contributed by atoms with van der Waals surface area (Å²) < 4.78 is 25.8. The maximum absolute atomic E-state index is 14.3. The number of fused-ring (bicyclic) bond motifs is 3. The molecular formula is C49H57N3O9. The molecule has 12 heteroatoms. The fourth-order valence-electron chi connectivity index (χ4n) is 9.77. The molecule has 12 nitrogen and oxygen atoms in total. The van der Waals surface area contributed by atoms with Gasteiger partial charge in [-0.05, 0) is 83.2 Å². The standard InChI is InChI=1S/C49H57N3O9/c1-4-27-59-49-44(52(48(56)57-2)32-36-20-14-19-34-17-8-9-21-38(34)36)30-42(51-58-3)40-28-35(18-10-12-25-53)39(22-11-13-26-54)45(46(40)49)41-29-37(23-24-43(41)61-49)60-47(55)50-31-33-15-6-5-7-16-33/h4-9,14-17,19-21,23-24,28-29,35,39,44-46,53-54H,1,10-13,18,22,25-27,30-32H2,2-3H3,(H,50,55). The Kier molecular flexibility index (Phi) is 14.4. The van der Waals surface area contributed by atoms with Crippen LogP contribution in [-0.2, 0) is 27.4 Å². The minimum absolute atomic E-state index is 0.0114. The summed E-state index contributed by atoms with van der Waals surface area (Å²) in [5.74, 6) is -1.41. The van der Waals surface area contributed by atoms with Gasteiger partial charge in [0, 0.05) is 37.7 Å². The van der Waals surface area contributed by atoms with Crippen molar-refractivity contribution in [1.82, 2.24) is 10.2 Å². The molecule has 4 aromatic carbocycles. The molecule has 0 saturated heterocycles. The lowest BCUT2D eigenvalue weighted by Gasteiger charge is -2.59. The van der Waals surface area contributed by atoms with Crippen molar-refractivity contribution in [2.45, 2.75) is 75.8 Å². The van der Waals surface area contributed by atoms with Crippen molar-refractivity contribution in [2.75, 3.05) is 34.0 Å². The Labute approximate surface area is 357 Å². The molecular weight excluding hydrogens is 775 g/mol. The largest absolute Gasteiger partial charge is 0.459 e. The first-order valence-electron chi connectivity index (χ1n) is 21.3. The highest BCUT2D eigenvalue weighted by molar-refractivity contribution is 6.03. The van der Waals surface area contributed by atoms with Crippen LogP contribution in [0.1, 0.15) is 67.6 Å². The molecule has 61 heavy (non-hydrogen) atoms. The topological polar surface area (TPSA) is 148 Å². The van der Waals surface area contributed by atoms with E-state index in [1.54, 1.807) is 17.0 Å². The Morgan fingerprint density at radius 1 is 0.951 bits per heavy atom. The summed E-state index contributed by atoms with van der Waals surface area (Å²) in [6.07, 6.45) is 7.42. The third-order valence-electron chi connectivity index (χ3n) is 12.3. The van der Waals surface area contributed by atoms with Crippen LogP contribution < -0.4 is 14.8 Å². The minimum atomic E-state index is -1.48. The number of hydrogen-bond donors (Lipinski definition) is 3. The van der Waals surface area contributed by atoms with Gasteiger partial charge in [-0.3, -0.25) is 4.90 Å². The van der Waals surface area contributed by atoms with E-state index in [-0.39, 0.29) is 50.5 Å². The highest BCUT2D eigenvalue weighted by Crippen LogP contribution is 2.62. The van der Waals surface area contributed by atoms with E-state index in [1.165, 1.54) is 14.2 Å². The zero-order chi connectivity index (χ0) is 42.8. The lowest BCUT2D eigenvalue weighted by Crippen LogP contribution is -2.70. The van der Waals surface area contributed by atoms with Gasteiger partial charge < -0.3 is 39.3 Å². The van der Waals surface area contributed by atoms with E-state index >= 15 is 0 Å². The van der Waals surface area contributed by atoms with E-state index in [0.29, 0.717) is 36.6 Å². The van der Waals surface area contributed by atoms with Crippen molar-refractivity contribution in [3.8, 4) is 11.5 Å². The SMILES string of the molecule is C=CCOC12Oc3ccc(OC(=O)NCc4ccccc4)cc3C3C(CCCCO)C(CCCCO)C=C(C(=NOC)CC1N(Cc1cccc4ccccc14)C(=O)OC)C32. The number of amides is 2. The highest BCUT2D eigenvalue weighted by Gasteiger charge is 2.65. The van der Waals surface area contributed by atoms with Crippen molar-refractivity contribution in [2.24, 2.45) is 22.9 Å². The molecule has 1 fully saturated rings. The number of carbonyl (C=O) groups excluding carboxylic acids is 2. The third kappa shape index (κ3) is 9.31. The zero-order valence-electron chi connectivity index (χ0n) is 35.0. The number of rotatable bonds is 18. The van der Waals surface area contributed by atoms with Crippen LogP contribution in [0.25, 0.3) is 10.8 Å². The number of methoxy groups -OCH3 is 1. The summed E-state index contributed by atoms with van der Waals surface area (Å²) in [6.45, 7) is 4.76. The minimum Gasteiger partial charge on any atom is -0.459 e. The molecule has 1 saturated carbocycles. The summed E-state index contributed by atoms with van der Waals surface area (Å²) in [4.78, 5) is 34.8. The molecule has 1 heterocycles. The fourth-order valence-corrected chi connectivity index (χ4v) is 9.77. The average molecular weight is 832 g/mol. The van der Waals surface area contributed by atoms with Gasteiger partial charge in [0.15, 0.2) is 0 Å². The Hall–Kier alpha value is -5.69. The Bertz CT molecular complexity index is 2200. The van der Waals surface area contributed by atoms with Crippen LogP contribution in [-0.4, -0.2) is 78.9 Å². The molecule has 0 bridgehead atoms. The van der Waals surface area contributed by atoms with Crippen LogP contribution >= 0.6 is 0 Å². The average Bonchev–Trinajstić information content (AvgIpc) is 3.28. The van der Waals surface area contributed by atoms with E-state index < -0.39 is 29.9 Å². The first-order chi connectivity index (χ1) is 29.8. The monoisotopic (exact) mass is 831 g/mol. The number of aliphatic hydroxyl groups is 2. The molecule has 0 aromatic heterocycles. The maximum atomic E-state index is 14.3. The van der Waals surface area contributed by atoms with Crippen molar-refractivity contribution in [3.05, 3.63) is 132 Å². The van der Waals surface area contributed by atoms with Crippen LogP contribution in [0.5, 0.6) is 11.5 Å². The first kappa shape index (κ1) is 43.4. The van der Waals surface area contributed by atoms with Crippen LogP contribution in [0.15, 0.2) is 120 Å². The molecule has 4 aromatic rings. The second-order valence-electron chi connectivity index (χ2n) is 15.9. The lowest BCUT2D eigenvalue weighted by atomic mass is 9.55. The number of aliphatic hydroxyl groups excluding tert-OH is 2. The van der Waals surface area contributed by atoms with E-state index in [2.05, 4.69) is 23.1 Å². The third-order valence-corrected chi connectivity index (χ3v) is 12.3. The van der Waals surface area contributed by atoms with Crippen molar-refractivity contribution >= 4 is 28.7 Å². The summed E-state index contributed by atoms with van der Waals surface area (Å²) >= 11 is 0. The second kappa shape index (κ2) is 20.2. The maximum Gasteiger partial charge on any atom is 0.412 e. The van der Waals surface area contributed by atoms with Gasteiger partial charge in [0.2, 0.25) is 5.79 Å². The van der Waals surface area contributed by atoms with Gasteiger partial charge >= 0.3 is 12.2 Å². The molecule has 1 aliphatic heterocycles. The summed E-state index contributed by atoms with van der Waals surface area (Å²) in [5.41, 5.74) is 4.25. The second-order valence-corrected chi connectivity index (χ2v) is 15.9. The molecule has 322 valence electrons. The Morgan fingerprint density at radius 2 is 1.70 bits per heavy atom. The van der Waals surface area contributed by atoms with Gasteiger partial charge in [-0.2, -0.15) is 0 Å². The van der Waals surface area contributed by atoms with Crippen LogP contribution in [0.2, 0.25) is 0 Å². The number of nitrogens with zero attached hydrogens (tertiary/aromatic N) is 2. The number of ether oxygens (including phenoxy) is 4. The van der Waals surface area contributed by atoms with Crippen molar-refractivity contribution in [1.29, 1.82) is 0 Å². The van der Waals surface area contributed by atoms with Crippen LogP contribution in [0, 0.1) is 17.8 Å². The van der Waals surface area contributed by atoms with Crippen LogP contribution in [0.4, 0.5) is 9.59 Å². The Morgan fingerprint density at radius 3 is 2.46 bits per heavy atom. The summed E-state index contributed by atoms with van der Waals surface area (Å²) in [5, 5.41) is 29.3. The smallest absolute Gasteiger partial charge is 0.412 e. The normalized spacial score (nSPS) is 23.2. The molecule has 2 aliphatic carbocycles. The van der Waals surface area contributed by atoms with Gasteiger partial charge in [0.1, 0.15) is 24.7 Å². The summed E-state index contributed by atoms with van der Waals surface area (Å²) in [6, 6.07) is 28.4. The van der Waals surface area contributed by atoms with E-state index in [0.717, 1.165) is 58.7 Å². The molecule has 7 rings (SSSR count). The number of unbranched alkanes of at least 4 members (excludes halogenated alkanes) is 2. The predicted molar refractivity (Wildman–Crippen MR) is 233 cm³/mol. The molecule has 3 N–H and O–H groups in total. The van der Waals surface area contributed by atoms with Gasteiger partial charge in [-0.15, -0.1) is 6.58 Å². The molecule has 0 spiro atoms. The molecule has 6 unspecified atom stereocenters. The fraction of sp³-hybridized carbons (Fsp3) is 0.408. The molecule has 2 amide bonds.